The fourth-order valence-corrected chi connectivity index (χ4v) is 3.20. The largest absolute Gasteiger partial charge is 0.481 e. The molecule has 0 saturated heterocycles. The highest BCUT2D eigenvalue weighted by Crippen LogP contribution is 2.45. The molecular weight excluding hydrogens is 240 g/mol. The number of hydrogen-bond acceptors (Lipinski definition) is 2. The van der Waals surface area contributed by atoms with Gasteiger partial charge in [0.1, 0.15) is 0 Å². The van der Waals surface area contributed by atoms with E-state index in [1.54, 1.807) is 7.11 Å². The van der Waals surface area contributed by atoms with Gasteiger partial charge in [-0.25, -0.2) is 0 Å². The third-order valence-electron chi connectivity index (χ3n) is 3.92. The maximum Gasteiger partial charge on any atom is 0.314 e. The van der Waals surface area contributed by atoms with E-state index in [1.165, 1.54) is 5.57 Å². The summed E-state index contributed by atoms with van der Waals surface area (Å²) in [6.07, 6.45) is 8.20. The summed E-state index contributed by atoms with van der Waals surface area (Å²) in [6.45, 7) is 6.88. The average molecular weight is 266 g/mol. The Morgan fingerprint density at radius 3 is 2.68 bits per heavy atom. The fourth-order valence-electron chi connectivity index (χ4n) is 3.20. The molecule has 0 saturated carbocycles. The second-order valence-corrected chi connectivity index (χ2v) is 5.75. The molecule has 0 aromatic heterocycles. The first-order valence-electron chi connectivity index (χ1n) is 7.08. The topological polar surface area (TPSA) is 46.5 Å². The first-order chi connectivity index (χ1) is 8.97. The number of ether oxygens (including phenoxy) is 1. The summed E-state index contributed by atoms with van der Waals surface area (Å²) in [7, 11) is 1.68. The van der Waals surface area contributed by atoms with Crippen molar-refractivity contribution in [3.05, 3.63) is 23.8 Å². The summed E-state index contributed by atoms with van der Waals surface area (Å²) in [5.74, 6) is -0.267. The van der Waals surface area contributed by atoms with Crippen molar-refractivity contribution in [1.82, 2.24) is 0 Å². The number of hydrogen-bond donors (Lipinski definition) is 1. The number of aliphatic carboxylic acids is 1. The first kappa shape index (κ1) is 16.0. The first-order valence-corrected chi connectivity index (χ1v) is 7.08. The summed E-state index contributed by atoms with van der Waals surface area (Å²) in [4.78, 5) is 11.9. The molecule has 0 radical (unpaired) electrons. The zero-order valence-corrected chi connectivity index (χ0v) is 12.5. The highest BCUT2D eigenvalue weighted by Gasteiger charge is 2.45. The molecule has 0 aromatic rings. The van der Waals surface area contributed by atoms with E-state index in [4.69, 9.17) is 4.74 Å². The van der Waals surface area contributed by atoms with Gasteiger partial charge in [0, 0.05) is 13.7 Å². The van der Waals surface area contributed by atoms with Gasteiger partial charge in [-0.05, 0) is 31.1 Å². The predicted octanol–water partition coefficient (Wildman–Crippen LogP) is 3.66. The molecule has 0 spiro atoms. The van der Waals surface area contributed by atoms with Gasteiger partial charge >= 0.3 is 5.97 Å². The summed E-state index contributed by atoms with van der Waals surface area (Å²) in [5, 5.41) is 9.77. The van der Waals surface area contributed by atoms with Crippen LogP contribution < -0.4 is 0 Å². The maximum absolute atomic E-state index is 11.9. The Morgan fingerprint density at radius 2 is 2.21 bits per heavy atom. The molecule has 0 heterocycles. The van der Waals surface area contributed by atoms with Gasteiger partial charge in [0.05, 0.1) is 5.41 Å². The van der Waals surface area contributed by atoms with E-state index in [2.05, 4.69) is 26.8 Å². The van der Waals surface area contributed by atoms with Crippen LogP contribution in [0.3, 0.4) is 0 Å². The molecule has 19 heavy (non-hydrogen) atoms. The molecule has 3 nitrogen and oxygen atoms in total. The standard InChI is InChI=1S/C16H26O3/c1-5-14-13(8-10-19-4)7-6-9-16(14,15(17)18)11-12(2)3/h6-7,9,12,14H,5,8,10-11H2,1-4H3,(H,17,18). The van der Waals surface area contributed by atoms with Crippen molar-refractivity contribution in [2.24, 2.45) is 17.3 Å². The molecule has 2 unspecified atom stereocenters. The fraction of sp³-hybridized carbons (Fsp3) is 0.688. The van der Waals surface area contributed by atoms with Gasteiger partial charge in [-0.15, -0.1) is 0 Å². The highest BCUT2D eigenvalue weighted by atomic mass is 16.5. The molecule has 3 heteroatoms. The summed E-state index contributed by atoms with van der Waals surface area (Å²) in [6, 6.07) is 0. The Hall–Kier alpha value is -1.09. The van der Waals surface area contributed by atoms with Crippen LogP contribution in [0.1, 0.15) is 40.0 Å². The van der Waals surface area contributed by atoms with Crippen molar-refractivity contribution in [3.63, 3.8) is 0 Å². The summed E-state index contributed by atoms with van der Waals surface area (Å²) >= 11 is 0. The minimum absolute atomic E-state index is 0.0764. The van der Waals surface area contributed by atoms with Crippen molar-refractivity contribution >= 4 is 5.97 Å². The smallest absolute Gasteiger partial charge is 0.314 e. The van der Waals surface area contributed by atoms with E-state index in [0.717, 1.165) is 12.8 Å². The quantitative estimate of drug-likeness (QED) is 0.765. The molecule has 0 amide bonds. The van der Waals surface area contributed by atoms with Crippen LogP contribution in [0.25, 0.3) is 0 Å². The van der Waals surface area contributed by atoms with Crippen LogP contribution in [0.15, 0.2) is 23.8 Å². The normalized spacial score (nSPS) is 26.6. The molecule has 108 valence electrons. The maximum atomic E-state index is 11.9. The van der Waals surface area contributed by atoms with Crippen LogP contribution in [0, 0.1) is 17.3 Å². The minimum Gasteiger partial charge on any atom is -0.481 e. The van der Waals surface area contributed by atoms with E-state index in [1.807, 2.05) is 12.2 Å². The molecule has 0 bridgehead atoms. The van der Waals surface area contributed by atoms with Gasteiger partial charge < -0.3 is 9.84 Å². The zero-order chi connectivity index (χ0) is 14.5. The number of carbonyl (C=O) groups is 1. The third-order valence-corrected chi connectivity index (χ3v) is 3.92. The predicted molar refractivity (Wildman–Crippen MR) is 77.0 cm³/mol. The lowest BCUT2D eigenvalue weighted by Crippen LogP contribution is -2.40. The van der Waals surface area contributed by atoms with Crippen LogP contribution in [0.5, 0.6) is 0 Å². The number of methoxy groups -OCH3 is 1. The third kappa shape index (κ3) is 3.47. The average Bonchev–Trinajstić information content (AvgIpc) is 2.35. The summed E-state index contributed by atoms with van der Waals surface area (Å²) < 4.78 is 5.13. The molecule has 0 fully saturated rings. The zero-order valence-electron chi connectivity index (χ0n) is 12.5. The van der Waals surface area contributed by atoms with Gasteiger partial charge in [-0.1, -0.05) is 44.6 Å². The van der Waals surface area contributed by atoms with E-state index < -0.39 is 11.4 Å². The molecule has 1 aliphatic carbocycles. The lowest BCUT2D eigenvalue weighted by Gasteiger charge is -2.39. The van der Waals surface area contributed by atoms with Crippen molar-refractivity contribution in [3.8, 4) is 0 Å². The number of carboxylic acids is 1. The Labute approximate surface area is 116 Å². The molecule has 1 rings (SSSR count). The van der Waals surface area contributed by atoms with Crippen molar-refractivity contribution in [2.45, 2.75) is 40.0 Å². The van der Waals surface area contributed by atoms with Crippen LogP contribution in [-0.2, 0) is 9.53 Å². The van der Waals surface area contributed by atoms with E-state index >= 15 is 0 Å². The van der Waals surface area contributed by atoms with Gasteiger partial charge in [0.25, 0.3) is 0 Å². The minimum atomic E-state index is -0.749. The van der Waals surface area contributed by atoms with Crippen molar-refractivity contribution in [1.29, 1.82) is 0 Å². The van der Waals surface area contributed by atoms with Gasteiger partial charge in [-0.2, -0.15) is 0 Å². The van der Waals surface area contributed by atoms with Gasteiger partial charge in [0.15, 0.2) is 0 Å². The Morgan fingerprint density at radius 1 is 1.53 bits per heavy atom. The van der Waals surface area contributed by atoms with E-state index in [-0.39, 0.29) is 5.92 Å². The van der Waals surface area contributed by atoms with Crippen LogP contribution in [0.2, 0.25) is 0 Å². The number of allylic oxidation sites excluding steroid dienone is 2. The number of rotatable bonds is 7. The molecule has 0 aliphatic heterocycles. The van der Waals surface area contributed by atoms with E-state index in [0.29, 0.717) is 18.9 Å². The molecule has 1 N–H and O–H groups in total. The van der Waals surface area contributed by atoms with Crippen molar-refractivity contribution < 1.29 is 14.6 Å². The Bertz CT molecular complexity index is 368. The SMILES string of the molecule is CCC1C(CCOC)=CC=CC1(CC(C)C)C(=O)O. The molecule has 2 atom stereocenters. The van der Waals surface area contributed by atoms with Crippen LogP contribution in [-0.4, -0.2) is 24.8 Å². The van der Waals surface area contributed by atoms with E-state index in [9.17, 15) is 9.90 Å². The highest BCUT2D eigenvalue weighted by molar-refractivity contribution is 5.79. The van der Waals surface area contributed by atoms with Gasteiger partial charge in [0.2, 0.25) is 0 Å². The number of carboxylic acid groups (broad SMARTS) is 1. The second-order valence-electron chi connectivity index (χ2n) is 5.75. The Kier molecular flexibility index (Phi) is 5.80. The molecular formula is C16H26O3. The monoisotopic (exact) mass is 266 g/mol. The molecule has 0 aromatic carbocycles. The van der Waals surface area contributed by atoms with Crippen LogP contribution >= 0.6 is 0 Å². The lowest BCUT2D eigenvalue weighted by molar-refractivity contribution is -0.149. The lowest BCUT2D eigenvalue weighted by atomic mass is 9.64. The van der Waals surface area contributed by atoms with Crippen molar-refractivity contribution in [2.75, 3.05) is 13.7 Å². The second kappa shape index (κ2) is 6.90. The molecule has 1 aliphatic rings. The Balaban J connectivity index is 3.07. The van der Waals surface area contributed by atoms with Gasteiger partial charge in [-0.3, -0.25) is 4.79 Å². The summed E-state index contributed by atoms with van der Waals surface area (Å²) in [5.41, 5.74) is 0.454. The van der Waals surface area contributed by atoms with Crippen LogP contribution in [0.4, 0.5) is 0 Å².